The molecule has 4 nitrogen and oxygen atoms in total. The van der Waals surface area contributed by atoms with Crippen LogP contribution in [0.15, 0.2) is 6.07 Å². The first-order chi connectivity index (χ1) is 8.95. The molecular weight excluding hydrogens is 283 g/mol. The summed E-state index contributed by atoms with van der Waals surface area (Å²) in [7, 11) is 6.13. The molecule has 19 heavy (non-hydrogen) atoms. The van der Waals surface area contributed by atoms with E-state index < -0.39 is 0 Å². The molecule has 1 N–H and O–H groups in total. The fourth-order valence-corrected chi connectivity index (χ4v) is 2.32. The number of rotatable bonds is 7. The summed E-state index contributed by atoms with van der Waals surface area (Å²) in [5.41, 5.74) is 0. The summed E-state index contributed by atoms with van der Waals surface area (Å²) >= 11 is 12.3. The van der Waals surface area contributed by atoms with E-state index in [-0.39, 0.29) is 0 Å². The van der Waals surface area contributed by atoms with E-state index in [1.54, 1.807) is 6.07 Å². The molecule has 0 spiro atoms. The lowest BCUT2D eigenvalue weighted by atomic mass is 10.3. The lowest BCUT2D eigenvalue weighted by molar-refractivity contribution is 0.401. The first-order valence-corrected chi connectivity index (χ1v) is 7.17. The number of aromatic nitrogens is 1. The number of hydrogen-bond acceptors (Lipinski definition) is 4. The second-order valence-corrected chi connectivity index (χ2v) is 5.55. The molecule has 0 aliphatic carbocycles. The van der Waals surface area contributed by atoms with Crippen LogP contribution in [0.25, 0.3) is 0 Å². The molecular formula is C13H22Cl2N4. The van der Waals surface area contributed by atoms with Gasteiger partial charge in [0.2, 0.25) is 0 Å². The third-order valence-electron chi connectivity index (χ3n) is 2.72. The monoisotopic (exact) mass is 304 g/mol. The van der Waals surface area contributed by atoms with Crippen LogP contribution >= 0.6 is 23.2 Å². The van der Waals surface area contributed by atoms with Crippen LogP contribution in [0.2, 0.25) is 10.0 Å². The molecule has 0 unspecified atom stereocenters. The van der Waals surface area contributed by atoms with Crippen molar-refractivity contribution in [3.05, 3.63) is 16.1 Å². The van der Waals surface area contributed by atoms with Crippen molar-refractivity contribution < 1.29 is 0 Å². The fraction of sp³-hybridized carbons (Fsp3) is 0.615. The van der Waals surface area contributed by atoms with Gasteiger partial charge in [0.15, 0.2) is 0 Å². The van der Waals surface area contributed by atoms with Crippen molar-refractivity contribution in [3.63, 3.8) is 0 Å². The van der Waals surface area contributed by atoms with E-state index in [4.69, 9.17) is 23.2 Å². The first-order valence-electron chi connectivity index (χ1n) is 6.41. The molecule has 6 heteroatoms. The quantitative estimate of drug-likeness (QED) is 0.838. The van der Waals surface area contributed by atoms with Crippen LogP contribution in [0.3, 0.4) is 0 Å². The Kier molecular flexibility index (Phi) is 6.69. The van der Waals surface area contributed by atoms with Crippen molar-refractivity contribution in [2.45, 2.75) is 13.3 Å². The maximum absolute atomic E-state index is 6.21. The summed E-state index contributed by atoms with van der Waals surface area (Å²) in [5.74, 6) is 1.45. The van der Waals surface area contributed by atoms with Gasteiger partial charge in [-0.15, -0.1) is 0 Å². The lowest BCUT2D eigenvalue weighted by Gasteiger charge is -2.21. The van der Waals surface area contributed by atoms with Crippen molar-refractivity contribution in [1.82, 2.24) is 9.88 Å². The predicted octanol–water partition coefficient (Wildman–Crippen LogP) is 3.21. The highest BCUT2D eigenvalue weighted by Gasteiger charge is 2.12. The van der Waals surface area contributed by atoms with Gasteiger partial charge in [0.1, 0.15) is 11.6 Å². The number of anilines is 2. The highest BCUT2D eigenvalue weighted by Crippen LogP contribution is 2.30. The Hall–Kier alpha value is -0.710. The minimum absolute atomic E-state index is 0.553. The van der Waals surface area contributed by atoms with Crippen molar-refractivity contribution in [1.29, 1.82) is 0 Å². The average molecular weight is 305 g/mol. The molecule has 0 amide bonds. The Morgan fingerprint density at radius 1 is 1.16 bits per heavy atom. The molecule has 1 rings (SSSR count). The molecule has 1 aromatic rings. The number of nitrogens with zero attached hydrogens (tertiary/aromatic N) is 3. The van der Waals surface area contributed by atoms with Crippen LogP contribution in [0, 0.1) is 0 Å². The zero-order valence-electron chi connectivity index (χ0n) is 12.0. The molecule has 0 aliphatic heterocycles. The minimum atomic E-state index is 0.553. The van der Waals surface area contributed by atoms with Gasteiger partial charge < -0.3 is 15.1 Å². The van der Waals surface area contributed by atoms with Crippen LogP contribution in [0.5, 0.6) is 0 Å². The molecule has 0 atom stereocenters. The Labute approximate surface area is 125 Å². The maximum atomic E-state index is 6.21. The molecule has 0 radical (unpaired) electrons. The van der Waals surface area contributed by atoms with E-state index in [1.165, 1.54) is 0 Å². The van der Waals surface area contributed by atoms with Gasteiger partial charge in [-0.3, -0.25) is 0 Å². The normalized spacial score (nSPS) is 10.9. The summed E-state index contributed by atoms with van der Waals surface area (Å²) in [5, 5.41) is 4.27. The van der Waals surface area contributed by atoms with Gasteiger partial charge in [0.25, 0.3) is 0 Å². The number of hydrogen-bond donors (Lipinski definition) is 1. The molecule has 0 saturated heterocycles. The Morgan fingerprint density at radius 2 is 1.84 bits per heavy atom. The number of nitrogens with one attached hydrogen (secondary N) is 1. The molecule has 0 bridgehead atoms. The second-order valence-electron chi connectivity index (χ2n) is 4.73. The Bertz CT molecular complexity index is 410. The molecule has 0 fully saturated rings. The Balaban J connectivity index is 2.77. The van der Waals surface area contributed by atoms with Crippen LogP contribution in [-0.2, 0) is 0 Å². The van der Waals surface area contributed by atoms with Crippen molar-refractivity contribution in [2.24, 2.45) is 0 Å². The molecule has 1 aromatic heterocycles. The maximum Gasteiger partial charge on any atom is 0.149 e. The topological polar surface area (TPSA) is 31.4 Å². The van der Waals surface area contributed by atoms with E-state index in [2.05, 4.69) is 34.2 Å². The van der Waals surface area contributed by atoms with Crippen LogP contribution in [-0.4, -0.2) is 50.7 Å². The van der Waals surface area contributed by atoms with Crippen molar-refractivity contribution in [2.75, 3.05) is 51.0 Å². The summed E-state index contributed by atoms with van der Waals surface area (Å²) in [6.45, 7) is 4.72. The second kappa shape index (κ2) is 7.78. The minimum Gasteiger partial charge on any atom is -0.369 e. The standard InChI is InChI=1S/C13H22Cl2N4/c1-5-16-12-10(14)9-11(15)13(17-12)19(4)8-6-7-18(2)3/h9H,5-8H2,1-4H3,(H,16,17). The average Bonchev–Trinajstić information content (AvgIpc) is 2.32. The van der Waals surface area contributed by atoms with E-state index in [1.807, 2.05) is 14.0 Å². The number of halogens is 2. The smallest absolute Gasteiger partial charge is 0.149 e. The van der Waals surface area contributed by atoms with Crippen molar-refractivity contribution in [3.8, 4) is 0 Å². The van der Waals surface area contributed by atoms with Crippen LogP contribution < -0.4 is 10.2 Å². The molecule has 0 saturated carbocycles. The molecule has 0 aromatic carbocycles. The van der Waals surface area contributed by atoms with Crippen LogP contribution in [0.1, 0.15) is 13.3 Å². The van der Waals surface area contributed by atoms with Gasteiger partial charge in [-0.1, -0.05) is 23.2 Å². The van der Waals surface area contributed by atoms with Gasteiger partial charge in [0.05, 0.1) is 10.0 Å². The summed E-state index contributed by atoms with van der Waals surface area (Å²) in [6, 6.07) is 1.74. The van der Waals surface area contributed by atoms with E-state index in [0.29, 0.717) is 15.9 Å². The van der Waals surface area contributed by atoms with E-state index in [0.717, 1.165) is 31.9 Å². The highest BCUT2D eigenvalue weighted by atomic mass is 35.5. The largest absolute Gasteiger partial charge is 0.369 e. The summed E-state index contributed by atoms with van der Waals surface area (Å²) < 4.78 is 0. The lowest BCUT2D eigenvalue weighted by Crippen LogP contribution is -2.24. The Morgan fingerprint density at radius 3 is 2.42 bits per heavy atom. The van der Waals surface area contributed by atoms with Crippen LogP contribution in [0.4, 0.5) is 11.6 Å². The molecule has 0 aliphatic rings. The predicted molar refractivity (Wildman–Crippen MR) is 84.9 cm³/mol. The zero-order valence-corrected chi connectivity index (χ0v) is 13.5. The summed E-state index contributed by atoms with van der Waals surface area (Å²) in [4.78, 5) is 8.72. The van der Waals surface area contributed by atoms with Gasteiger partial charge in [-0.05, 0) is 40.1 Å². The zero-order chi connectivity index (χ0) is 14.4. The summed E-state index contributed by atoms with van der Waals surface area (Å²) in [6.07, 6.45) is 1.06. The molecule has 108 valence electrons. The van der Waals surface area contributed by atoms with Crippen molar-refractivity contribution >= 4 is 34.8 Å². The van der Waals surface area contributed by atoms with Gasteiger partial charge >= 0.3 is 0 Å². The van der Waals surface area contributed by atoms with E-state index >= 15 is 0 Å². The van der Waals surface area contributed by atoms with Gasteiger partial charge in [0, 0.05) is 20.1 Å². The van der Waals surface area contributed by atoms with E-state index in [9.17, 15) is 0 Å². The SMILES string of the molecule is CCNc1nc(N(C)CCCN(C)C)c(Cl)cc1Cl. The third-order valence-corrected chi connectivity index (χ3v) is 3.28. The van der Waals surface area contributed by atoms with Gasteiger partial charge in [-0.25, -0.2) is 4.98 Å². The van der Waals surface area contributed by atoms with Gasteiger partial charge in [-0.2, -0.15) is 0 Å². The fourth-order valence-electron chi connectivity index (χ4n) is 1.75. The highest BCUT2D eigenvalue weighted by molar-refractivity contribution is 6.37. The third kappa shape index (κ3) is 5.05. The number of pyridine rings is 1. The molecule has 1 heterocycles. The first kappa shape index (κ1) is 16.3.